The third-order valence-electron chi connectivity index (χ3n) is 3.83. The Morgan fingerprint density at radius 3 is 2.33 bits per heavy atom. The molecule has 0 unspecified atom stereocenters. The minimum atomic E-state index is -3.13. The molecule has 1 N–H and O–H groups in total. The van der Waals surface area contributed by atoms with Gasteiger partial charge in [-0.05, 0) is 30.6 Å². The van der Waals surface area contributed by atoms with Crippen LogP contribution in [0.15, 0.2) is 0 Å². The molecule has 0 aromatic carbocycles. The first-order valence-corrected chi connectivity index (χ1v) is 9.11. The number of rotatable bonds is 7. The summed E-state index contributed by atoms with van der Waals surface area (Å²) in [6.07, 6.45) is 6.38. The van der Waals surface area contributed by atoms with Crippen molar-refractivity contribution in [1.29, 1.82) is 0 Å². The monoisotopic (exact) mass is 295 g/mol. The zero-order valence-corrected chi connectivity index (χ0v) is 13.1. The fourth-order valence-electron chi connectivity index (χ4n) is 2.39. The van der Waals surface area contributed by atoms with Crippen molar-refractivity contribution in [3.05, 3.63) is 0 Å². The van der Waals surface area contributed by atoms with Crippen molar-refractivity contribution in [3.8, 4) is 0 Å². The largest absolute Gasteiger partial charge is 0.215 e. The molecule has 3 nitrogen and oxygen atoms in total. The van der Waals surface area contributed by atoms with Crippen molar-refractivity contribution in [3.63, 3.8) is 0 Å². The molecular weight excluding hydrogens is 270 g/mol. The third-order valence-corrected chi connectivity index (χ3v) is 5.75. The van der Waals surface area contributed by atoms with Crippen molar-refractivity contribution in [1.82, 2.24) is 4.72 Å². The standard InChI is InChI=1S/C13H26ClNO2S/c1-12(2)6-9-18(16,17)15-11-13(10-14)7-4-3-5-8-13/h12,15H,3-11H2,1-2H3. The Morgan fingerprint density at radius 2 is 1.83 bits per heavy atom. The fourth-order valence-corrected chi connectivity index (χ4v) is 4.20. The van der Waals surface area contributed by atoms with Crippen LogP contribution in [0, 0.1) is 11.3 Å². The number of sulfonamides is 1. The Labute approximate surface area is 117 Å². The molecular formula is C13H26ClNO2S. The van der Waals surface area contributed by atoms with Gasteiger partial charge in [-0.1, -0.05) is 33.1 Å². The summed E-state index contributed by atoms with van der Waals surface area (Å²) >= 11 is 6.06. The number of alkyl halides is 1. The maximum absolute atomic E-state index is 11.9. The zero-order chi connectivity index (χ0) is 13.6. The molecule has 0 spiro atoms. The molecule has 5 heteroatoms. The molecule has 18 heavy (non-hydrogen) atoms. The highest BCUT2D eigenvalue weighted by atomic mass is 35.5. The molecule has 1 aliphatic carbocycles. The van der Waals surface area contributed by atoms with Gasteiger partial charge in [-0.2, -0.15) is 0 Å². The van der Waals surface area contributed by atoms with Crippen LogP contribution in [0.25, 0.3) is 0 Å². The molecule has 1 saturated carbocycles. The van der Waals surface area contributed by atoms with E-state index in [1.54, 1.807) is 0 Å². The SMILES string of the molecule is CC(C)CCS(=O)(=O)NCC1(CCl)CCCCC1. The second-order valence-electron chi connectivity index (χ2n) is 6.02. The average Bonchev–Trinajstić information content (AvgIpc) is 2.36. The van der Waals surface area contributed by atoms with E-state index < -0.39 is 10.0 Å². The lowest BCUT2D eigenvalue weighted by Crippen LogP contribution is -2.41. The highest BCUT2D eigenvalue weighted by Crippen LogP contribution is 2.36. The summed E-state index contributed by atoms with van der Waals surface area (Å²) in [4.78, 5) is 0. The van der Waals surface area contributed by atoms with E-state index >= 15 is 0 Å². The maximum atomic E-state index is 11.9. The van der Waals surface area contributed by atoms with Gasteiger partial charge < -0.3 is 0 Å². The maximum Gasteiger partial charge on any atom is 0.211 e. The summed E-state index contributed by atoms with van der Waals surface area (Å²) in [5.41, 5.74) is -0.00922. The average molecular weight is 296 g/mol. The highest BCUT2D eigenvalue weighted by Gasteiger charge is 2.32. The molecule has 0 amide bonds. The molecule has 0 heterocycles. The number of hydrogen-bond donors (Lipinski definition) is 1. The van der Waals surface area contributed by atoms with Gasteiger partial charge in [0.05, 0.1) is 5.75 Å². The van der Waals surface area contributed by atoms with Crippen molar-refractivity contribution in [2.24, 2.45) is 11.3 Å². The van der Waals surface area contributed by atoms with E-state index in [-0.39, 0.29) is 11.2 Å². The van der Waals surface area contributed by atoms with Gasteiger partial charge in [0, 0.05) is 12.4 Å². The Morgan fingerprint density at radius 1 is 1.22 bits per heavy atom. The Kier molecular flexibility index (Phi) is 6.42. The lowest BCUT2D eigenvalue weighted by atomic mass is 9.76. The molecule has 0 aromatic heterocycles. The molecule has 0 saturated heterocycles. The van der Waals surface area contributed by atoms with Crippen molar-refractivity contribution < 1.29 is 8.42 Å². The van der Waals surface area contributed by atoms with E-state index in [1.807, 2.05) is 13.8 Å². The van der Waals surface area contributed by atoms with Crippen molar-refractivity contribution in [2.45, 2.75) is 52.4 Å². The Bertz CT molecular complexity index is 335. The summed E-state index contributed by atoms with van der Waals surface area (Å²) in [7, 11) is -3.13. The molecule has 0 radical (unpaired) electrons. The summed E-state index contributed by atoms with van der Waals surface area (Å²) in [6.45, 7) is 4.59. The number of hydrogen-bond acceptors (Lipinski definition) is 2. The smallest absolute Gasteiger partial charge is 0.211 e. The zero-order valence-electron chi connectivity index (χ0n) is 11.5. The minimum absolute atomic E-state index is 0.00922. The fraction of sp³-hybridized carbons (Fsp3) is 1.00. The third kappa shape index (κ3) is 5.45. The second-order valence-corrected chi connectivity index (χ2v) is 8.21. The molecule has 0 bridgehead atoms. The molecule has 0 aliphatic heterocycles. The lowest BCUT2D eigenvalue weighted by Gasteiger charge is -2.35. The van der Waals surface area contributed by atoms with Gasteiger partial charge >= 0.3 is 0 Å². The van der Waals surface area contributed by atoms with Gasteiger partial charge in [0.2, 0.25) is 10.0 Å². The summed E-state index contributed by atoms with van der Waals surface area (Å²) in [6, 6.07) is 0. The van der Waals surface area contributed by atoms with Crippen molar-refractivity contribution in [2.75, 3.05) is 18.2 Å². The van der Waals surface area contributed by atoms with Crippen LogP contribution >= 0.6 is 11.6 Å². The highest BCUT2D eigenvalue weighted by molar-refractivity contribution is 7.89. The number of halogens is 1. The molecule has 108 valence electrons. The van der Waals surface area contributed by atoms with Crippen molar-refractivity contribution >= 4 is 21.6 Å². The molecule has 0 atom stereocenters. The molecule has 1 fully saturated rings. The van der Waals surface area contributed by atoms with Gasteiger partial charge in [0.15, 0.2) is 0 Å². The minimum Gasteiger partial charge on any atom is -0.215 e. The van der Waals surface area contributed by atoms with E-state index in [1.165, 1.54) is 19.3 Å². The van der Waals surface area contributed by atoms with Gasteiger partial charge in [0.25, 0.3) is 0 Å². The van der Waals surface area contributed by atoms with Crippen LogP contribution in [-0.4, -0.2) is 26.6 Å². The van der Waals surface area contributed by atoms with E-state index in [4.69, 9.17) is 11.6 Å². The van der Waals surface area contributed by atoms with E-state index in [9.17, 15) is 8.42 Å². The Hall–Kier alpha value is 0.200. The predicted molar refractivity (Wildman–Crippen MR) is 77.5 cm³/mol. The van der Waals surface area contributed by atoms with Crippen LogP contribution in [-0.2, 0) is 10.0 Å². The molecule has 0 aromatic rings. The first kappa shape index (κ1) is 16.3. The lowest BCUT2D eigenvalue weighted by molar-refractivity contribution is 0.223. The van der Waals surface area contributed by atoms with Crippen LogP contribution in [0.4, 0.5) is 0 Å². The first-order chi connectivity index (χ1) is 8.39. The number of nitrogens with one attached hydrogen (secondary N) is 1. The molecule has 1 aliphatic rings. The molecule has 1 rings (SSSR count). The summed E-state index contributed by atoms with van der Waals surface area (Å²) in [5.74, 6) is 1.20. The van der Waals surface area contributed by atoms with Crippen LogP contribution in [0.3, 0.4) is 0 Å². The van der Waals surface area contributed by atoms with Crippen LogP contribution in [0.1, 0.15) is 52.4 Å². The van der Waals surface area contributed by atoms with Gasteiger partial charge in [-0.15, -0.1) is 11.6 Å². The second kappa shape index (κ2) is 7.11. The summed E-state index contributed by atoms with van der Waals surface area (Å²) < 4.78 is 26.5. The normalized spacial score (nSPS) is 20.2. The van der Waals surface area contributed by atoms with E-state index in [0.29, 0.717) is 24.8 Å². The van der Waals surface area contributed by atoms with Gasteiger partial charge in [-0.3, -0.25) is 0 Å². The Balaban J connectivity index is 2.46. The quantitative estimate of drug-likeness (QED) is 0.734. The van der Waals surface area contributed by atoms with Crippen LogP contribution in [0.2, 0.25) is 0 Å². The first-order valence-electron chi connectivity index (χ1n) is 6.92. The van der Waals surface area contributed by atoms with Crippen LogP contribution in [0.5, 0.6) is 0 Å². The van der Waals surface area contributed by atoms with Gasteiger partial charge in [-0.25, -0.2) is 13.1 Å². The van der Waals surface area contributed by atoms with Crippen LogP contribution < -0.4 is 4.72 Å². The summed E-state index contributed by atoms with van der Waals surface area (Å²) in [5, 5.41) is 0. The van der Waals surface area contributed by atoms with E-state index in [0.717, 1.165) is 12.8 Å². The topological polar surface area (TPSA) is 46.2 Å². The van der Waals surface area contributed by atoms with E-state index in [2.05, 4.69) is 4.72 Å². The predicted octanol–water partition coefficient (Wildman–Crippen LogP) is 3.14. The van der Waals surface area contributed by atoms with Gasteiger partial charge in [0.1, 0.15) is 0 Å².